The van der Waals surface area contributed by atoms with Gasteiger partial charge < -0.3 is 15.7 Å². The SMILES string of the molecule is C[C@@H]1CC[C@@H](Nc2ccnc(NC3(C)CC3)n2)C[C@H]1O. The third-order valence-electron chi connectivity index (χ3n) is 4.57. The average molecular weight is 276 g/mol. The molecule has 110 valence electrons. The van der Waals surface area contributed by atoms with E-state index in [1.54, 1.807) is 6.20 Å². The Labute approximate surface area is 120 Å². The largest absolute Gasteiger partial charge is 0.393 e. The average Bonchev–Trinajstić information content (AvgIpc) is 3.12. The van der Waals surface area contributed by atoms with Crippen molar-refractivity contribution in [2.24, 2.45) is 5.92 Å². The van der Waals surface area contributed by atoms with Gasteiger partial charge in [0, 0.05) is 17.8 Å². The molecule has 3 atom stereocenters. The molecular formula is C15H24N4O. The second kappa shape index (κ2) is 5.20. The lowest BCUT2D eigenvalue weighted by Gasteiger charge is -2.31. The van der Waals surface area contributed by atoms with Crippen LogP contribution < -0.4 is 10.6 Å². The zero-order chi connectivity index (χ0) is 14.2. The fourth-order valence-electron chi connectivity index (χ4n) is 2.72. The molecule has 20 heavy (non-hydrogen) atoms. The second-order valence-corrected chi connectivity index (χ2v) is 6.65. The van der Waals surface area contributed by atoms with Gasteiger partial charge in [0.15, 0.2) is 0 Å². The molecule has 0 unspecified atom stereocenters. The van der Waals surface area contributed by atoms with Crippen LogP contribution in [0.1, 0.15) is 46.0 Å². The number of hydrogen-bond acceptors (Lipinski definition) is 5. The highest BCUT2D eigenvalue weighted by Gasteiger charge is 2.37. The minimum atomic E-state index is -0.203. The summed E-state index contributed by atoms with van der Waals surface area (Å²) in [4.78, 5) is 8.79. The lowest BCUT2D eigenvalue weighted by atomic mass is 9.85. The molecule has 2 aliphatic rings. The van der Waals surface area contributed by atoms with Crippen molar-refractivity contribution in [3.8, 4) is 0 Å². The van der Waals surface area contributed by atoms with Crippen molar-refractivity contribution in [1.29, 1.82) is 0 Å². The highest BCUT2D eigenvalue weighted by molar-refractivity contribution is 5.42. The Hall–Kier alpha value is -1.36. The molecule has 2 saturated carbocycles. The molecule has 0 amide bonds. The second-order valence-electron chi connectivity index (χ2n) is 6.65. The first-order valence-corrected chi connectivity index (χ1v) is 7.60. The fourth-order valence-corrected chi connectivity index (χ4v) is 2.72. The van der Waals surface area contributed by atoms with Crippen LogP contribution in [0.2, 0.25) is 0 Å². The molecule has 1 aromatic heterocycles. The number of nitrogens with one attached hydrogen (secondary N) is 2. The minimum Gasteiger partial charge on any atom is -0.393 e. The van der Waals surface area contributed by atoms with Gasteiger partial charge in [-0.3, -0.25) is 0 Å². The molecule has 2 aliphatic carbocycles. The Morgan fingerprint density at radius 3 is 2.85 bits per heavy atom. The first kappa shape index (κ1) is 13.6. The van der Waals surface area contributed by atoms with Gasteiger partial charge in [-0.25, -0.2) is 4.98 Å². The Bertz CT molecular complexity index is 475. The quantitative estimate of drug-likeness (QED) is 0.788. The maximum absolute atomic E-state index is 9.96. The van der Waals surface area contributed by atoms with Crippen molar-refractivity contribution in [1.82, 2.24) is 9.97 Å². The van der Waals surface area contributed by atoms with Gasteiger partial charge in [0.05, 0.1) is 6.10 Å². The summed E-state index contributed by atoms with van der Waals surface area (Å²) in [6, 6.07) is 2.20. The van der Waals surface area contributed by atoms with Gasteiger partial charge in [0.1, 0.15) is 5.82 Å². The Kier molecular flexibility index (Phi) is 3.54. The van der Waals surface area contributed by atoms with E-state index in [1.165, 1.54) is 12.8 Å². The van der Waals surface area contributed by atoms with Crippen molar-refractivity contribution < 1.29 is 5.11 Å². The molecule has 2 fully saturated rings. The van der Waals surface area contributed by atoms with Crippen LogP contribution in [0.3, 0.4) is 0 Å². The maximum Gasteiger partial charge on any atom is 0.225 e. The van der Waals surface area contributed by atoms with E-state index in [0.717, 1.165) is 25.1 Å². The van der Waals surface area contributed by atoms with Gasteiger partial charge in [-0.05, 0) is 51.0 Å². The number of rotatable bonds is 4. The molecule has 5 nitrogen and oxygen atoms in total. The highest BCUT2D eigenvalue weighted by atomic mass is 16.3. The van der Waals surface area contributed by atoms with Gasteiger partial charge in [-0.15, -0.1) is 0 Å². The van der Waals surface area contributed by atoms with E-state index in [4.69, 9.17) is 0 Å². The molecule has 0 bridgehead atoms. The number of aromatic nitrogens is 2. The zero-order valence-electron chi connectivity index (χ0n) is 12.3. The smallest absolute Gasteiger partial charge is 0.225 e. The van der Waals surface area contributed by atoms with Crippen molar-refractivity contribution in [2.75, 3.05) is 10.6 Å². The van der Waals surface area contributed by atoms with E-state index in [2.05, 4.69) is 34.4 Å². The van der Waals surface area contributed by atoms with Crippen molar-refractivity contribution in [3.63, 3.8) is 0 Å². The normalized spacial score (nSPS) is 31.6. The molecule has 3 N–H and O–H groups in total. The summed E-state index contributed by atoms with van der Waals surface area (Å²) < 4.78 is 0. The molecule has 1 heterocycles. The fraction of sp³-hybridized carbons (Fsp3) is 0.733. The lowest BCUT2D eigenvalue weighted by molar-refractivity contribution is 0.0739. The van der Waals surface area contributed by atoms with E-state index in [-0.39, 0.29) is 11.6 Å². The molecule has 5 heteroatoms. The Balaban J connectivity index is 1.61. The molecule has 0 aromatic carbocycles. The third-order valence-corrected chi connectivity index (χ3v) is 4.57. The van der Waals surface area contributed by atoms with Crippen LogP contribution in [0.15, 0.2) is 12.3 Å². The highest BCUT2D eigenvalue weighted by Crippen LogP contribution is 2.37. The Morgan fingerprint density at radius 2 is 2.15 bits per heavy atom. The van der Waals surface area contributed by atoms with Crippen LogP contribution in [-0.2, 0) is 0 Å². The summed E-state index contributed by atoms with van der Waals surface area (Å²) in [6.45, 7) is 4.30. The predicted molar refractivity (Wildman–Crippen MR) is 79.7 cm³/mol. The molecular weight excluding hydrogens is 252 g/mol. The van der Waals surface area contributed by atoms with Gasteiger partial charge in [-0.1, -0.05) is 6.92 Å². The van der Waals surface area contributed by atoms with Gasteiger partial charge in [0.25, 0.3) is 0 Å². The van der Waals surface area contributed by atoms with E-state index in [9.17, 15) is 5.11 Å². The number of hydrogen-bond donors (Lipinski definition) is 3. The third kappa shape index (κ3) is 3.20. The van der Waals surface area contributed by atoms with Crippen LogP contribution in [-0.4, -0.2) is 32.8 Å². The molecule has 0 aliphatic heterocycles. The van der Waals surface area contributed by atoms with Crippen LogP contribution in [0.4, 0.5) is 11.8 Å². The monoisotopic (exact) mass is 276 g/mol. The molecule has 0 radical (unpaired) electrons. The van der Waals surface area contributed by atoms with Gasteiger partial charge >= 0.3 is 0 Å². The topological polar surface area (TPSA) is 70.1 Å². The molecule has 1 aromatic rings. The maximum atomic E-state index is 9.96. The molecule has 0 saturated heterocycles. The summed E-state index contributed by atoms with van der Waals surface area (Å²) in [5.41, 5.74) is 0.190. The number of aliphatic hydroxyl groups is 1. The molecule has 0 spiro atoms. The van der Waals surface area contributed by atoms with Crippen molar-refractivity contribution in [2.45, 2.75) is 63.6 Å². The van der Waals surface area contributed by atoms with Crippen LogP contribution in [0.25, 0.3) is 0 Å². The Morgan fingerprint density at radius 1 is 1.35 bits per heavy atom. The zero-order valence-corrected chi connectivity index (χ0v) is 12.3. The summed E-state index contributed by atoms with van der Waals surface area (Å²) in [5, 5.41) is 16.8. The van der Waals surface area contributed by atoms with Crippen molar-refractivity contribution >= 4 is 11.8 Å². The van der Waals surface area contributed by atoms with E-state index < -0.39 is 0 Å². The number of anilines is 2. The van der Waals surface area contributed by atoms with E-state index >= 15 is 0 Å². The van der Waals surface area contributed by atoms with E-state index in [1.807, 2.05) is 6.07 Å². The summed E-state index contributed by atoms with van der Waals surface area (Å²) in [6.07, 6.45) is 6.89. The predicted octanol–water partition coefficient (Wildman–Crippen LogP) is 2.40. The van der Waals surface area contributed by atoms with E-state index in [0.29, 0.717) is 17.9 Å². The lowest BCUT2D eigenvalue weighted by Crippen LogP contribution is -2.35. The first-order valence-electron chi connectivity index (χ1n) is 7.60. The van der Waals surface area contributed by atoms with Gasteiger partial charge in [-0.2, -0.15) is 4.98 Å². The summed E-state index contributed by atoms with van der Waals surface area (Å²) in [7, 11) is 0. The van der Waals surface area contributed by atoms with Crippen LogP contribution >= 0.6 is 0 Å². The van der Waals surface area contributed by atoms with Crippen LogP contribution in [0.5, 0.6) is 0 Å². The summed E-state index contributed by atoms with van der Waals surface area (Å²) >= 11 is 0. The standard InChI is InChI=1S/C15H24N4O/c1-10-3-4-11(9-12(10)20)17-13-5-8-16-14(18-13)19-15(2)6-7-15/h5,8,10-12,20H,3-4,6-7,9H2,1-2H3,(H2,16,17,18,19)/t10-,11-,12-/m1/s1. The summed E-state index contributed by atoms with van der Waals surface area (Å²) in [5.74, 6) is 1.95. The number of nitrogens with zero attached hydrogens (tertiary/aromatic N) is 2. The number of aliphatic hydroxyl groups excluding tert-OH is 1. The van der Waals surface area contributed by atoms with Gasteiger partial charge in [0.2, 0.25) is 5.95 Å². The first-order chi connectivity index (χ1) is 9.54. The minimum absolute atomic E-state index is 0.190. The van der Waals surface area contributed by atoms with Crippen molar-refractivity contribution in [3.05, 3.63) is 12.3 Å². The van der Waals surface area contributed by atoms with Crippen LogP contribution in [0, 0.1) is 5.92 Å². The molecule has 3 rings (SSSR count).